The summed E-state index contributed by atoms with van der Waals surface area (Å²) in [6.45, 7) is 6.38. The number of imidazole rings is 1. The quantitative estimate of drug-likeness (QED) is 0.562. The van der Waals surface area contributed by atoms with Gasteiger partial charge in [0.15, 0.2) is 5.65 Å². The average molecular weight is 463 g/mol. The van der Waals surface area contributed by atoms with Gasteiger partial charge in [0.2, 0.25) is 0 Å². The molecule has 33 heavy (non-hydrogen) atoms. The zero-order valence-electron chi connectivity index (χ0n) is 18.7. The molecule has 0 spiro atoms. The van der Waals surface area contributed by atoms with Gasteiger partial charge < -0.3 is 18.9 Å². The molecule has 3 aromatic rings. The lowest BCUT2D eigenvalue weighted by Gasteiger charge is -2.24. The lowest BCUT2D eigenvalue weighted by molar-refractivity contribution is -0.274. The van der Waals surface area contributed by atoms with Gasteiger partial charge in [-0.25, -0.2) is 19.7 Å². The van der Waals surface area contributed by atoms with Crippen molar-refractivity contribution in [2.45, 2.75) is 45.1 Å². The molecule has 1 amide bonds. The molecular weight excluding hydrogens is 439 g/mol. The molecule has 1 fully saturated rings. The number of hydrogen-bond donors (Lipinski definition) is 0. The van der Waals surface area contributed by atoms with Crippen LogP contribution >= 0.6 is 0 Å². The third-order valence-corrected chi connectivity index (χ3v) is 5.14. The van der Waals surface area contributed by atoms with Crippen molar-refractivity contribution in [3.8, 4) is 17.0 Å². The van der Waals surface area contributed by atoms with E-state index in [9.17, 15) is 18.0 Å². The molecule has 0 radical (unpaired) electrons. The summed E-state index contributed by atoms with van der Waals surface area (Å²) in [4.78, 5) is 27.8. The predicted molar refractivity (Wildman–Crippen MR) is 114 cm³/mol. The number of benzene rings is 1. The van der Waals surface area contributed by atoms with E-state index in [4.69, 9.17) is 9.72 Å². The van der Waals surface area contributed by atoms with Crippen molar-refractivity contribution in [1.29, 1.82) is 0 Å². The Hall–Kier alpha value is -3.37. The maximum absolute atomic E-state index is 12.5. The van der Waals surface area contributed by atoms with Gasteiger partial charge in [-0.15, -0.1) is 13.2 Å². The summed E-state index contributed by atoms with van der Waals surface area (Å²) in [5.74, 6) is 0.118. The van der Waals surface area contributed by atoms with Gasteiger partial charge in [0.1, 0.15) is 28.4 Å². The monoisotopic (exact) mass is 463 g/mol. The SMILES string of the molecule is Cn1cnc2c(-c3ccc(OC(F)(F)F)cc3)nc([C@H]3CCN(C(=O)OC(C)(C)C)C3)nc21. The summed E-state index contributed by atoms with van der Waals surface area (Å²) in [5.41, 5.74) is 1.63. The summed E-state index contributed by atoms with van der Waals surface area (Å²) >= 11 is 0. The van der Waals surface area contributed by atoms with Crippen LogP contribution in [0.5, 0.6) is 5.75 Å². The van der Waals surface area contributed by atoms with Crippen LogP contribution in [-0.4, -0.2) is 55.6 Å². The number of rotatable bonds is 3. The highest BCUT2D eigenvalue weighted by Crippen LogP contribution is 2.32. The van der Waals surface area contributed by atoms with Gasteiger partial charge in [0.05, 0.1) is 6.33 Å². The van der Waals surface area contributed by atoms with Crippen molar-refractivity contribution in [2.75, 3.05) is 13.1 Å². The number of alkyl halides is 3. The number of fused-ring (bicyclic) bond motifs is 1. The highest BCUT2D eigenvalue weighted by atomic mass is 19.4. The molecule has 1 saturated heterocycles. The normalized spacial score (nSPS) is 16.9. The zero-order valence-corrected chi connectivity index (χ0v) is 18.7. The van der Waals surface area contributed by atoms with Crippen LogP contribution in [0, 0.1) is 0 Å². The molecule has 176 valence electrons. The van der Waals surface area contributed by atoms with Crippen molar-refractivity contribution in [1.82, 2.24) is 24.4 Å². The van der Waals surface area contributed by atoms with Crippen molar-refractivity contribution in [3.63, 3.8) is 0 Å². The minimum absolute atomic E-state index is 0.108. The number of amides is 1. The lowest BCUT2D eigenvalue weighted by Crippen LogP contribution is -2.35. The Morgan fingerprint density at radius 1 is 1.12 bits per heavy atom. The van der Waals surface area contributed by atoms with Crippen molar-refractivity contribution < 1.29 is 27.4 Å². The van der Waals surface area contributed by atoms with Crippen LogP contribution < -0.4 is 4.74 Å². The molecule has 1 aliphatic rings. The molecule has 8 nitrogen and oxygen atoms in total. The number of likely N-dealkylation sites (tertiary alicyclic amines) is 1. The molecule has 1 aliphatic heterocycles. The Morgan fingerprint density at radius 3 is 2.45 bits per heavy atom. The second-order valence-corrected chi connectivity index (χ2v) is 8.94. The first kappa shape index (κ1) is 22.8. The maximum atomic E-state index is 12.5. The smallest absolute Gasteiger partial charge is 0.444 e. The summed E-state index contributed by atoms with van der Waals surface area (Å²) in [7, 11) is 1.80. The second kappa shape index (κ2) is 8.20. The first-order valence-electron chi connectivity index (χ1n) is 10.4. The number of halogens is 3. The fraction of sp³-hybridized carbons (Fsp3) is 0.455. The summed E-state index contributed by atoms with van der Waals surface area (Å²) < 4.78 is 48.6. The molecule has 0 unspecified atom stereocenters. The largest absolute Gasteiger partial charge is 0.573 e. The molecule has 1 aromatic carbocycles. The van der Waals surface area contributed by atoms with Gasteiger partial charge >= 0.3 is 12.5 Å². The molecule has 4 rings (SSSR count). The average Bonchev–Trinajstić information content (AvgIpc) is 3.33. The minimum Gasteiger partial charge on any atom is -0.444 e. The van der Waals surface area contributed by atoms with Crippen LogP contribution in [0.15, 0.2) is 30.6 Å². The molecule has 0 aliphatic carbocycles. The van der Waals surface area contributed by atoms with E-state index < -0.39 is 12.0 Å². The Labute approximate surface area is 188 Å². The summed E-state index contributed by atoms with van der Waals surface area (Å²) in [6.07, 6.45) is -2.87. The van der Waals surface area contributed by atoms with Gasteiger partial charge in [0.25, 0.3) is 0 Å². The lowest BCUT2D eigenvalue weighted by atomic mass is 10.1. The van der Waals surface area contributed by atoms with E-state index in [1.807, 2.05) is 20.8 Å². The van der Waals surface area contributed by atoms with Crippen LogP contribution in [0.25, 0.3) is 22.4 Å². The number of ether oxygens (including phenoxy) is 2. The molecule has 0 N–H and O–H groups in total. The van der Waals surface area contributed by atoms with Gasteiger partial charge in [-0.1, -0.05) is 0 Å². The van der Waals surface area contributed by atoms with Gasteiger partial charge in [-0.05, 0) is 51.5 Å². The van der Waals surface area contributed by atoms with Crippen molar-refractivity contribution >= 4 is 17.3 Å². The summed E-state index contributed by atoms with van der Waals surface area (Å²) in [5, 5.41) is 0. The highest BCUT2D eigenvalue weighted by molar-refractivity contribution is 5.87. The van der Waals surface area contributed by atoms with Crippen LogP contribution in [0.4, 0.5) is 18.0 Å². The first-order valence-corrected chi connectivity index (χ1v) is 10.4. The number of hydrogen-bond acceptors (Lipinski definition) is 6. The Morgan fingerprint density at radius 2 is 1.82 bits per heavy atom. The molecule has 0 bridgehead atoms. The van der Waals surface area contributed by atoms with Gasteiger partial charge in [-0.3, -0.25) is 0 Å². The Kier molecular flexibility index (Phi) is 5.67. The third-order valence-electron chi connectivity index (χ3n) is 5.14. The topological polar surface area (TPSA) is 82.4 Å². The molecule has 11 heteroatoms. The van der Waals surface area contributed by atoms with E-state index in [0.29, 0.717) is 47.8 Å². The standard InChI is InChI=1S/C22H24F3N5O3/c1-21(2,3)33-20(31)30-10-9-14(11-30)18-27-16(17-19(28-18)29(4)12-26-17)13-5-7-15(8-6-13)32-22(23,24)25/h5-8,12,14H,9-11H2,1-4H3/t14-/m0/s1. The number of carbonyl (C=O) groups is 1. The molecule has 3 heterocycles. The second-order valence-electron chi connectivity index (χ2n) is 8.94. The van der Waals surface area contributed by atoms with E-state index in [1.54, 1.807) is 22.8 Å². The first-order chi connectivity index (χ1) is 15.4. The van der Waals surface area contributed by atoms with E-state index in [-0.39, 0.29) is 17.8 Å². The fourth-order valence-electron chi connectivity index (χ4n) is 3.69. The fourth-order valence-corrected chi connectivity index (χ4v) is 3.69. The maximum Gasteiger partial charge on any atom is 0.573 e. The van der Waals surface area contributed by atoms with Gasteiger partial charge in [0, 0.05) is 31.6 Å². The van der Waals surface area contributed by atoms with E-state index in [1.165, 1.54) is 24.3 Å². The van der Waals surface area contributed by atoms with Crippen molar-refractivity contribution in [2.24, 2.45) is 7.05 Å². The third kappa shape index (κ3) is 5.18. The molecular formula is C22H24F3N5O3. The van der Waals surface area contributed by atoms with E-state index in [2.05, 4.69) is 14.7 Å². The van der Waals surface area contributed by atoms with E-state index >= 15 is 0 Å². The van der Waals surface area contributed by atoms with Crippen LogP contribution in [0.1, 0.15) is 38.9 Å². The molecule has 0 saturated carbocycles. The number of aryl methyl sites for hydroxylation is 1. The Bertz CT molecular complexity index is 1170. The minimum atomic E-state index is -4.76. The number of nitrogens with zero attached hydrogens (tertiary/aromatic N) is 5. The predicted octanol–water partition coefficient (Wildman–Crippen LogP) is 4.65. The van der Waals surface area contributed by atoms with Crippen LogP contribution in [0.2, 0.25) is 0 Å². The number of aromatic nitrogens is 4. The highest BCUT2D eigenvalue weighted by Gasteiger charge is 2.33. The van der Waals surface area contributed by atoms with Crippen LogP contribution in [-0.2, 0) is 11.8 Å². The van der Waals surface area contributed by atoms with Crippen LogP contribution in [0.3, 0.4) is 0 Å². The van der Waals surface area contributed by atoms with E-state index in [0.717, 1.165) is 0 Å². The zero-order chi connectivity index (χ0) is 24.0. The van der Waals surface area contributed by atoms with Gasteiger partial charge in [-0.2, -0.15) is 0 Å². The molecule has 1 atom stereocenters. The Balaban J connectivity index is 1.64. The number of carbonyl (C=O) groups excluding carboxylic acids is 1. The summed E-state index contributed by atoms with van der Waals surface area (Å²) in [6, 6.07) is 5.48. The molecule has 2 aromatic heterocycles. The van der Waals surface area contributed by atoms with Crippen molar-refractivity contribution in [3.05, 3.63) is 36.4 Å².